The molecule has 1 unspecified atom stereocenters. The van der Waals surface area contributed by atoms with Gasteiger partial charge in [0.05, 0.1) is 13.7 Å². The molecule has 0 radical (unpaired) electrons. The zero-order chi connectivity index (χ0) is 27.7. The molecule has 3 fully saturated rings. The summed E-state index contributed by atoms with van der Waals surface area (Å²) in [6.45, 7) is 5.46. The van der Waals surface area contributed by atoms with Gasteiger partial charge in [0.2, 0.25) is 0 Å². The molecule has 0 bridgehead atoms. The van der Waals surface area contributed by atoms with Gasteiger partial charge >= 0.3 is 0 Å². The van der Waals surface area contributed by atoms with Crippen molar-refractivity contribution in [3.63, 3.8) is 0 Å². The smallest absolute Gasteiger partial charge is 0.271 e. The van der Waals surface area contributed by atoms with E-state index in [1.165, 1.54) is 0 Å². The minimum atomic E-state index is -0.684. The topological polar surface area (TPSA) is 131 Å². The molecule has 11 heteroatoms. The van der Waals surface area contributed by atoms with Crippen molar-refractivity contribution in [3.8, 4) is 17.1 Å². The van der Waals surface area contributed by atoms with Crippen LogP contribution in [0.2, 0.25) is 0 Å². The monoisotopic (exact) mass is 544 g/mol. The summed E-state index contributed by atoms with van der Waals surface area (Å²) in [5.41, 5.74) is 8.81. The third-order valence-electron chi connectivity index (χ3n) is 8.23. The number of anilines is 4. The van der Waals surface area contributed by atoms with E-state index in [1.54, 1.807) is 19.4 Å². The lowest BCUT2D eigenvalue weighted by molar-refractivity contribution is 0.0351. The normalized spacial score (nSPS) is 20.2. The molecular weight excluding hydrogens is 508 g/mol. The molecule has 4 N–H and O–H groups in total. The summed E-state index contributed by atoms with van der Waals surface area (Å²) in [6.07, 6.45) is 4.72. The van der Waals surface area contributed by atoms with E-state index < -0.39 is 5.91 Å². The molecule has 1 aromatic carbocycles. The van der Waals surface area contributed by atoms with Gasteiger partial charge in [0.1, 0.15) is 17.1 Å². The molecule has 1 atom stereocenters. The van der Waals surface area contributed by atoms with Gasteiger partial charge in [0.15, 0.2) is 17.3 Å². The first-order chi connectivity index (χ1) is 19.5. The van der Waals surface area contributed by atoms with Crippen LogP contribution >= 0.6 is 0 Å². The van der Waals surface area contributed by atoms with E-state index in [0.29, 0.717) is 29.6 Å². The molecule has 2 aliphatic heterocycles. The van der Waals surface area contributed by atoms with E-state index in [2.05, 4.69) is 44.6 Å². The number of nitrogens with zero attached hydrogens (tertiary/aromatic N) is 5. The van der Waals surface area contributed by atoms with Crippen molar-refractivity contribution < 1.29 is 14.3 Å². The number of primary amides is 1. The predicted octanol–water partition coefficient (Wildman–Crippen LogP) is 3.12. The molecule has 6 rings (SSSR count). The van der Waals surface area contributed by atoms with Crippen molar-refractivity contribution in [2.45, 2.75) is 25.3 Å². The second-order valence-corrected chi connectivity index (χ2v) is 10.9. The lowest BCUT2D eigenvalue weighted by atomic mass is 9.92. The number of nitrogens with one attached hydrogen (secondary N) is 2. The standard InChI is InChI=1S/C29H36N8O3/c1-36-13-15-37(16-14-36)20-7-5-19(6-8-20)32-28-25(26(30)38)34-24(23-21(39-2)4-3-12-31-23)27(35-28)33-22-9-17-40-18-29(22)10-11-29/h3-8,12,22H,9-11,13-18H2,1-2H3,(H2,30,38)(H2,32,33,35). The second-order valence-electron chi connectivity index (χ2n) is 10.9. The van der Waals surface area contributed by atoms with Gasteiger partial charge in [-0.3, -0.25) is 9.78 Å². The number of ether oxygens (including phenoxy) is 2. The van der Waals surface area contributed by atoms with Gasteiger partial charge in [-0.1, -0.05) is 0 Å². The molecule has 2 aromatic heterocycles. The van der Waals surface area contributed by atoms with Gasteiger partial charge in [0.25, 0.3) is 5.91 Å². The van der Waals surface area contributed by atoms with Crippen LogP contribution < -0.4 is 26.0 Å². The molecule has 210 valence electrons. The number of methoxy groups -OCH3 is 1. The van der Waals surface area contributed by atoms with Crippen LogP contribution in [0.3, 0.4) is 0 Å². The molecule has 11 nitrogen and oxygen atoms in total. The van der Waals surface area contributed by atoms with Gasteiger partial charge in [-0.25, -0.2) is 9.97 Å². The first-order valence-corrected chi connectivity index (χ1v) is 13.8. The Morgan fingerprint density at radius 2 is 1.85 bits per heavy atom. The summed E-state index contributed by atoms with van der Waals surface area (Å²) >= 11 is 0. The van der Waals surface area contributed by atoms with Crippen molar-refractivity contribution >= 4 is 28.9 Å². The average molecular weight is 545 g/mol. The third-order valence-corrected chi connectivity index (χ3v) is 8.23. The SMILES string of the molecule is COc1cccnc1-c1nc(C(N)=O)c(Nc2ccc(N3CCN(C)CC3)cc2)nc1NC1CCOCC12CC2. The number of aromatic nitrogens is 3. The summed E-state index contributed by atoms with van der Waals surface area (Å²) in [5, 5.41) is 6.94. The van der Waals surface area contributed by atoms with Crippen LogP contribution in [0.15, 0.2) is 42.6 Å². The van der Waals surface area contributed by atoms with Crippen LogP contribution in [-0.4, -0.2) is 85.4 Å². The Hall–Kier alpha value is -3.96. The molecule has 1 aliphatic carbocycles. The summed E-state index contributed by atoms with van der Waals surface area (Å²) < 4.78 is 11.4. The molecule has 1 spiro atoms. The minimum absolute atomic E-state index is 0.0320. The zero-order valence-corrected chi connectivity index (χ0v) is 23.0. The highest BCUT2D eigenvalue weighted by Gasteiger charge is 2.51. The Balaban J connectivity index is 1.35. The van der Waals surface area contributed by atoms with Crippen LogP contribution in [0.4, 0.5) is 23.0 Å². The van der Waals surface area contributed by atoms with Crippen molar-refractivity contribution in [2.24, 2.45) is 11.1 Å². The zero-order valence-electron chi connectivity index (χ0n) is 23.0. The van der Waals surface area contributed by atoms with E-state index in [1.807, 2.05) is 18.2 Å². The fraction of sp³-hybridized carbons (Fsp3) is 0.448. The van der Waals surface area contributed by atoms with Gasteiger partial charge in [-0.05, 0) is 62.7 Å². The number of rotatable bonds is 8. The highest BCUT2D eigenvalue weighted by Crippen LogP contribution is 2.52. The molecule has 1 saturated carbocycles. The molecular formula is C29H36N8O3. The fourth-order valence-corrected chi connectivity index (χ4v) is 5.58. The number of likely N-dealkylation sites (N-methyl/N-ethyl adjacent to an activating group) is 1. The Morgan fingerprint density at radius 3 is 2.55 bits per heavy atom. The summed E-state index contributed by atoms with van der Waals surface area (Å²) in [6, 6.07) is 11.9. The minimum Gasteiger partial charge on any atom is -0.494 e. The van der Waals surface area contributed by atoms with Crippen LogP contribution in [0.25, 0.3) is 11.4 Å². The second kappa shape index (κ2) is 10.9. The maximum atomic E-state index is 12.6. The summed E-state index contributed by atoms with van der Waals surface area (Å²) in [5.74, 6) is 0.662. The van der Waals surface area contributed by atoms with E-state index >= 15 is 0 Å². The highest BCUT2D eigenvalue weighted by molar-refractivity contribution is 5.97. The molecule has 40 heavy (non-hydrogen) atoms. The number of piperazine rings is 1. The number of hydrogen-bond donors (Lipinski definition) is 3. The van der Waals surface area contributed by atoms with Crippen molar-refractivity contribution in [3.05, 3.63) is 48.3 Å². The Bertz CT molecular complexity index is 1370. The van der Waals surface area contributed by atoms with Gasteiger partial charge < -0.3 is 35.6 Å². The molecule has 4 heterocycles. The Labute approximate surface area is 234 Å². The molecule has 3 aliphatic rings. The van der Waals surface area contributed by atoms with Crippen molar-refractivity contribution in [2.75, 3.05) is 69.1 Å². The van der Waals surface area contributed by atoms with E-state index in [-0.39, 0.29) is 23.0 Å². The number of carbonyl (C=O) groups is 1. The van der Waals surface area contributed by atoms with Crippen LogP contribution in [0.1, 0.15) is 29.8 Å². The number of pyridine rings is 1. The van der Waals surface area contributed by atoms with Crippen LogP contribution in [-0.2, 0) is 4.74 Å². The van der Waals surface area contributed by atoms with E-state index in [0.717, 1.165) is 63.4 Å². The van der Waals surface area contributed by atoms with Gasteiger partial charge in [0, 0.05) is 61.8 Å². The fourth-order valence-electron chi connectivity index (χ4n) is 5.58. The number of nitrogens with two attached hydrogens (primary N) is 1. The summed E-state index contributed by atoms with van der Waals surface area (Å²) in [4.78, 5) is 31.5. The third kappa shape index (κ3) is 5.26. The number of benzene rings is 1. The maximum absolute atomic E-state index is 12.6. The first-order valence-electron chi connectivity index (χ1n) is 13.8. The Morgan fingerprint density at radius 1 is 1.07 bits per heavy atom. The van der Waals surface area contributed by atoms with Crippen molar-refractivity contribution in [1.82, 2.24) is 19.9 Å². The molecule has 3 aromatic rings. The van der Waals surface area contributed by atoms with Crippen LogP contribution in [0.5, 0.6) is 5.75 Å². The van der Waals surface area contributed by atoms with E-state index in [4.69, 9.17) is 25.2 Å². The average Bonchev–Trinajstić information content (AvgIpc) is 3.75. The molecule has 1 amide bonds. The summed E-state index contributed by atoms with van der Waals surface area (Å²) in [7, 11) is 3.72. The van der Waals surface area contributed by atoms with Gasteiger partial charge in [-0.15, -0.1) is 0 Å². The lowest BCUT2D eigenvalue weighted by Crippen LogP contribution is -2.44. The Kier molecular flexibility index (Phi) is 7.16. The highest BCUT2D eigenvalue weighted by atomic mass is 16.5. The maximum Gasteiger partial charge on any atom is 0.271 e. The quantitative estimate of drug-likeness (QED) is 0.389. The largest absolute Gasteiger partial charge is 0.494 e. The predicted molar refractivity (Wildman–Crippen MR) is 154 cm³/mol. The number of amides is 1. The van der Waals surface area contributed by atoms with Crippen LogP contribution in [0, 0.1) is 5.41 Å². The van der Waals surface area contributed by atoms with Gasteiger partial charge in [-0.2, -0.15) is 0 Å². The number of carbonyl (C=O) groups excluding carboxylic acids is 1. The van der Waals surface area contributed by atoms with Crippen molar-refractivity contribution in [1.29, 1.82) is 0 Å². The lowest BCUT2D eigenvalue weighted by Gasteiger charge is -2.34. The van der Waals surface area contributed by atoms with E-state index in [9.17, 15) is 4.79 Å². The number of hydrogen-bond acceptors (Lipinski definition) is 10. The molecule has 2 saturated heterocycles. The first kappa shape index (κ1) is 26.3.